The highest BCUT2D eigenvalue weighted by molar-refractivity contribution is 7.99. The number of carbonyl (C=O) groups excluding carboxylic acids is 1. The minimum absolute atomic E-state index is 0.154. The summed E-state index contributed by atoms with van der Waals surface area (Å²) in [5, 5.41) is 14.9. The van der Waals surface area contributed by atoms with Crippen molar-refractivity contribution in [1.82, 2.24) is 15.2 Å². The molecule has 0 fully saturated rings. The van der Waals surface area contributed by atoms with Crippen LogP contribution in [0.15, 0.2) is 45.5 Å². The summed E-state index contributed by atoms with van der Waals surface area (Å²) >= 11 is 10.4. The second-order valence-corrected chi connectivity index (χ2v) is 8.04. The van der Waals surface area contributed by atoms with E-state index < -0.39 is 0 Å². The molecule has 4 aromatic rings. The lowest BCUT2D eigenvalue weighted by molar-refractivity contribution is -0.113. The second-order valence-electron chi connectivity index (χ2n) is 4.79. The Kier molecular flexibility index (Phi) is 4.71. The molecule has 1 amide bonds. The first-order chi connectivity index (χ1) is 12.2. The van der Waals surface area contributed by atoms with Crippen LogP contribution >= 0.6 is 46.0 Å². The number of rotatable bonds is 5. The van der Waals surface area contributed by atoms with Crippen LogP contribution < -0.4 is 5.32 Å². The molecule has 1 N–H and O–H groups in total. The molecule has 0 bridgehead atoms. The predicted molar refractivity (Wildman–Crippen MR) is 102 cm³/mol. The lowest BCUT2D eigenvalue weighted by atomic mass is 10.2. The first-order valence-electron chi connectivity index (χ1n) is 7.04. The highest BCUT2D eigenvalue weighted by Gasteiger charge is 2.18. The molecule has 0 saturated heterocycles. The van der Waals surface area contributed by atoms with Crippen molar-refractivity contribution in [2.45, 2.75) is 5.22 Å². The van der Waals surface area contributed by atoms with Crippen LogP contribution in [0.1, 0.15) is 0 Å². The largest absolute Gasteiger partial charge is 0.410 e. The van der Waals surface area contributed by atoms with Crippen LogP contribution in [0.2, 0.25) is 5.02 Å². The summed E-state index contributed by atoms with van der Waals surface area (Å²) in [6.45, 7) is 0. The van der Waals surface area contributed by atoms with Crippen LogP contribution in [0.25, 0.3) is 20.9 Å². The van der Waals surface area contributed by atoms with Gasteiger partial charge in [-0.1, -0.05) is 41.6 Å². The van der Waals surface area contributed by atoms with E-state index in [1.54, 1.807) is 11.6 Å². The van der Waals surface area contributed by atoms with Gasteiger partial charge in [-0.25, -0.2) is 4.98 Å². The SMILES string of the molecule is O=C(CSc1nnc(-c2sc3ccccc3c2Cl)o1)Nc1nccs1. The number of hydrogen-bond donors (Lipinski definition) is 1. The van der Waals surface area contributed by atoms with Crippen LogP contribution in [0.5, 0.6) is 0 Å². The summed E-state index contributed by atoms with van der Waals surface area (Å²) < 4.78 is 6.69. The molecule has 126 valence electrons. The molecular formula is C15H9ClN4O2S3. The van der Waals surface area contributed by atoms with Gasteiger partial charge in [0.05, 0.1) is 10.8 Å². The van der Waals surface area contributed by atoms with Gasteiger partial charge in [0.15, 0.2) is 5.13 Å². The zero-order valence-corrected chi connectivity index (χ0v) is 15.6. The topological polar surface area (TPSA) is 80.9 Å². The zero-order chi connectivity index (χ0) is 17.2. The van der Waals surface area contributed by atoms with Gasteiger partial charge in [-0.3, -0.25) is 4.79 Å². The summed E-state index contributed by atoms with van der Waals surface area (Å²) in [4.78, 5) is 16.6. The van der Waals surface area contributed by atoms with Gasteiger partial charge >= 0.3 is 0 Å². The fourth-order valence-corrected chi connectivity index (χ4v) is 4.62. The molecule has 6 nitrogen and oxygen atoms in total. The Morgan fingerprint density at radius 2 is 2.20 bits per heavy atom. The monoisotopic (exact) mass is 408 g/mol. The Balaban J connectivity index is 1.46. The van der Waals surface area contributed by atoms with E-state index in [0.717, 1.165) is 26.7 Å². The van der Waals surface area contributed by atoms with Gasteiger partial charge in [0.1, 0.15) is 4.88 Å². The third-order valence-electron chi connectivity index (χ3n) is 3.14. The third kappa shape index (κ3) is 3.54. The maximum Gasteiger partial charge on any atom is 0.277 e. The number of anilines is 1. The van der Waals surface area contributed by atoms with Gasteiger partial charge in [0, 0.05) is 21.7 Å². The van der Waals surface area contributed by atoms with E-state index in [4.69, 9.17) is 16.0 Å². The highest BCUT2D eigenvalue weighted by atomic mass is 35.5. The van der Waals surface area contributed by atoms with Crippen molar-refractivity contribution in [2.24, 2.45) is 0 Å². The molecule has 4 rings (SSSR count). The van der Waals surface area contributed by atoms with Crippen LogP contribution in [-0.2, 0) is 4.79 Å². The average Bonchev–Trinajstić information content (AvgIpc) is 3.34. The Bertz CT molecular complexity index is 1030. The van der Waals surface area contributed by atoms with Gasteiger partial charge in [-0.05, 0) is 6.07 Å². The van der Waals surface area contributed by atoms with Gasteiger partial charge in [0.2, 0.25) is 5.91 Å². The van der Waals surface area contributed by atoms with Crippen molar-refractivity contribution in [3.8, 4) is 10.8 Å². The lowest BCUT2D eigenvalue weighted by Gasteiger charge is -1.98. The number of nitrogens with one attached hydrogen (secondary N) is 1. The molecule has 0 radical (unpaired) electrons. The summed E-state index contributed by atoms with van der Waals surface area (Å²) in [7, 11) is 0. The second kappa shape index (κ2) is 7.12. The fraction of sp³-hybridized carbons (Fsp3) is 0.0667. The van der Waals surface area contributed by atoms with Crippen LogP contribution in [0.3, 0.4) is 0 Å². The van der Waals surface area contributed by atoms with Crippen LogP contribution in [0, 0.1) is 0 Å². The molecule has 0 saturated carbocycles. The quantitative estimate of drug-likeness (QED) is 0.478. The number of thiazole rings is 1. The minimum Gasteiger partial charge on any atom is -0.410 e. The van der Waals surface area contributed by atoms with Crippen molar-refractivity contribution in [3.63, 3.8) is 0 Å². The Hall–Kier alpha value is -1.94. The molecule has 0 aliphatic carbocycles. The molecule has 1 aromatic carbocycles. The number of fused-ring (bicyclic) bond motifs is 1. The van der Waals surface area contributed by atoms with E-state index >= 15 is 0 Å². The lowest BCUT2D eigenvalue weighted by Crippen LogP contribution is -2.13. The van der Waals surface area contributed by atoms with Gasteiger partial charge in [0.25, 0.3) is 11.1 Å². The highest BCUT2D eigenvalue weighted by Crippen LogP contribution is 2.41. The van der Waals surface area contributed by atoms with Crippen molar-refractivity contribution < 1.29 is 9.21 Å². The fourth-order valence-electron chi connectivity index (χ4n) is 2.08. The van der Waals surface area contributed by atoms with Crippen LogP contribution in [-0.4, -0.2) is 26.8 Å². The third-order valence-corrected chi connectivity index (χ3v) is 6.31. The molecule has 25 heavy (non-hydrogen) atoms. The average molecular weight is 409 g/mol. The predicted octanol–water partition coefficient (Wildman–Crippen LogP) is 4.79. The van der Waals surface area contributed by atoms with Crippen molar-refractivity contribution in [3.05, 3.63) is 40.9 Å². The number of halogens is 1. The minimum atomic E-state index is -0.181. The summed E-state index contributed by atoms with van der Waals surface area (Å²) in [6, 6.07) is 7.83. The molecule has 0 unspecified atom stereocenters. The molecule has 3 aromatic heterocycles. The molecule has 0 atom stereocenters. The molecular weight excluding hydrogens is 400 g/mol. The molecule has 3 heterocycles. The van der Waals surface area contributed by atoms with E-state index in [2.05, 4.69) is 20.5 Å². The van der Waals surface area contributed by atoms with Crippen molar-refractivity contribution >= 4 is 67.2 Å². The molecule has 0 aliphatic rings. The number of carbonyl (C=O) groups is 1. The molecule has 10 heteroatoms. The van der Waals surface area contributed by atoms with E-state index in [0.29, 0.717) is 21.3 Å². The number of aromatic nitrogens is 3. The van der Waals surface area contributed by atoms with E-state index in [1.165, 1.54) is 22.7 Å². The standard InChI is InChI=1S/C15H9ClN4O2S3/c16-11-8-3-1-2-4-9(8)25-12(11)13-19-20-15(22-13)24-7-10(21)18-14-17-5-6-23-14/h1-6H,7H2,(H,17,18,21). The summed E-state index contributed by atoms with van der Waals surface area (Å²) in [5.74, 6) is 0.329. The van der Waals surface area contributed by atoms with E-state index in [9.17, 15) is 4.79 Å². The normalized spacial score (nSPS) is 11.1. The first kappa shape index (κ1) is 16.5. The Labute approximate surface area is 159 Å². The Morgan fingerprint density at radius 3 is 3.00 bits per heavy atom. The summed E-state index contributed by atoms with van der Waals surface area (Å²) in [5.41, 5.74) is 0. The van der Waals surface area contributed by atoms with Gasteiger partial charge in [-0.15, -0.1) is 32.9 Å². The smallest absolute Gasteiger partial charge is 0.277 e. The number of amides is 1. The number of hydrogen-bond acceptors (Lipinski definition) is 8. The van der Waals surface area contributed by atoms with E-state index in [-0.39, 0.29) is 11.7 Å². The maximum absolute atomic E-state index is 11.9. The molecule has 0 spiro atoms. The maximum atomic E-state index is 11.9. The zero-order valence-electron chi connectivity index (χ0n) is 12.4. The van der Waals surface area contributed by atoms with Gasteiger partial charge < -0.3 is 9.73 Å². The first-order valence-corrected chi connectivity index (χ1v) is 10.1. The van der Waals surface area contributed by atoms with Crippen molar-refractivity contribution in [2.75, 3.05) is 11.1 Å². The number of nitrogens with zero attached hydrogens (tertiary/aromatic N) is 3. The number of benzene rings is 1. The number of thiophene rings is 1. The molecule has 0 aliphatic heterocycles. The van der Waals surface area contributed by atoms with Crippen LogP contribution in [0.4, 0.5) is 5.13 Å². The van der Waals surface area contributed by atoms with Crippen molar-refractivity contribution in [1.29, 1.82) is 0 Å². The Morgan fingerprint density at radius 1 is 1.32 bits per heavy atom. The van der Waals surface area contributed by atoms with Gasteiger partial charge in [-0.2, -0.15) is 0 Å². The summed E-state index contributed by atoms with van der Waals surface area (Å²) in [6.07, 6.45) is 1.63. The number of thioether (sulfide) groups is 1. The van der Waals surface area contributed by atoms with E-state index in [1.807, 2.05) is 24.3 Å².